The van der Waals surface area contributed by atoms with Gasteiger partial charge in [0.2, 0.25) is 5.91 Å². The molecule has 0 aliphatic heterocycles. The molecule has 0 bridgehead atoms. The van der Waals surface area contributed by atoms with Gasteiger partial charge in [-0.15, -0.1) is 13.2 Å². The van der Waals surface area contributed by atoms with Gasteiger partial charge in [0.05, 0.1) is 17.6 Å². The van der Waals surface area contributed by atoms with E-state index in [-0.39, 0.29) is 11.1 Å². The Labute approximate surface area is 181 Å². The number of halogens is 3. The summed E-state index contributed by atoms with van der Waals surface area (Å²) in [6, 6.07) is 12.4. The van der Waals surface area contributed by atoms with Crippen molar-refractivity contribution in [3.05, 3.63) is 65.7 Å². The summed E-state index contributed by atoms with van der Waals surface area (Å²) in [5.74, 6) is -4.15. The first-order valence-corrected chi connectivity index (χ1v) is 10.9. The Morgan fingerprint density at radius 2 is 1.69 bits per heavy atom. The second kappa shape index (κ2) is 10.6. The highest BCUT2D eigenvalue weighted by Gasteiger charge is 2.33. The summed E-state index contributed by atoms with van der Waals surface area (Å²) in [4.78, 5) is 24.7. The van der Waals surface area contributed by atoms with Gasteiger partial charge in [-0.3, -0.25) is 9.59 Å². The third-order valence-corrected chi connectivity index (χ3v) is 5.59. The summed E-state index contributed by atoms with van der Waals surface area (Å²) in [5, 5.41) is 13.1. The number of sulfone groups is 1. The van der Waals surface area contributed by atoms with Crippen LogP contribution in [-0.4, -0.2) is 44.9 Å². The molecule has 8 nitrogen and oxygen atoms in total. The SMILES string of the molecule is N#CCNC(=O)[C@H](CS(=O)(=O)Cc1ccccc1OC(F)(F)F)NC(=O)c1ccccc1. The van der Waals surface area contributed by atoms with E-state index in [0.717, 1.165) is 12.1 Å². The Bertz CT molecular complexity index is 1100. The number of ether oxygens (including phenoxy) is 1. The van der Waals surface area contributed by atoms with Crippen molar-refractivity contribution in [1.29, 1.82) is 5.26 Å². The van der Waals surface area contributed by atoms with Crippen LogP contribution in [0.25, 0.3) is 0 Å². The standard InChI is InChI=1S/C20H18F3N3O5S/c21-20(22,23)31-17-9-5-4-8-15(17)12-32(29,30)13-16(19(28)25-11-10-24)26-18(27)14-6-2-1-3-7-14/h1-9,16H,11-13H2,(H,25,28)(H,26,27)/t16-/m0/s1. The number of carbonyl (C=O) groups is 2. The van der Waals surface area contributed by atoms with Gasteiger partial charge in [0.25, 0.3) is 5.91 Å². The molecule has 2 aromatic rings. The second-order valence-corrected chi connectivity index (χ2v) is 8.59. The third-order valence-electron chi connectivity index (χ3n) is 3.99. The number of nitrogens with one attached hydrogen (secondary N) is 2. The van der Waals surface area contributed by atoms with Gasteiger partial charge >= 0.3 is 6.36 Å². The largest absolute Gasteiger partial charge is 0.573 e. The number of nitriles is 1. The van der Waals surface area contributed by atoms with Crippen LogP contribution in [0.15, 0.2) is 54.6 Å². The lowest BCUT2D eigenvalue weighted by atomic mass is 10.2. The highest BCUT2D eigenvalue weighted by atomic mass is 32.2. The monoisotopic (exact) mass is 469 g/mol. The molecule has 0 saturated heterocycles. The van der Waals surface area contributed by atoms with Gasteiger partial charge in [0.15, 0.2) is 9.84 Å². The summed E-state index contributed by atoms with van der Waals surface area (Å²) in [6.07, 6.45) is -5.02. The number of rotatable bonds is 9. The first kappa shape index (κ1) is 24.7. The molecule has 0 aromatic heterocycles. The Balaban J connectivity index is 2.23. The summed E-state index contributed by atoms with van der Waals surface area (Å²) in [5.41, 5.74) is -0.109. The molecule has 0 aliphatic carbocycles. The van der Waals surface area contributed by atoms with Crippen molar-refractivity contribution in [2.24, 2.45) is 0 Å². The molecule has 2 amide bonds. The van der Waals surface area contributed by atoms with E-state index in [9.17, 15) is 31.2 Å². The van der Waals surface area contributed by atoms with E-state index in [0.29, 0.717) is 0 Å². The van der Waals surface area contributed by atoms with Crippen molar-refractivity contribution in [3.63, 3.8) is 0 Å². The van der Waals surface area contributed by atoms with Gasteiger partial charge in [-0.25, -0.2) is 8.42 Å². The first-order chi connectivity index (χ1) is 15.0. The smallest absolute Gasteiger partial charge is 0.405 e. The Kier molecular flexibility index (Phi) is 8.20. The fourth-order valence-corrected chi connectivity index (χ4v) is 4.23. The third kappa shape index (κ3) is 7.92. The lowest BCUT2D eigenvalue weighted by Crippen LogP contribution is -2.50. The summed E-state index contributed by atoms with van der Waals surface area (Å²) in [6.45, 7) is -0.432. The predicted octanol–water partition coefficient (Wildman–Crippen LogP) is 1.94. The fourth-order valence-electron chi connectivity index (χ4n) is 2.66. The number of alkyl halides is 3. The molecule has 1 atom stereocenters. The maximum atomic E-state index is 12.7. The van der Waals surface area contributed by atoms with Crippen molar-refractivity contribution in [3.8, 4) is 11.8 Å². The first-order valence-electron chi connectivity index (χ1n) is 9.05. The molecule has 32 heavy (non-hydrogen) atoms. The van der Waals surface area contributed by atoms with E-state index in [4.69, 9.17) is 5.26 Å². The Morgan fingerprint density at radius 3 is 2.31 bits per heavy atom. The Morgan fingerprint density at radius 1 is 1.06 bits per heavy atom. The minimum Gasteiger partial charge on any atom is -0.405 e. The van der Waals surface area contributed by atoms with Crippen LogP contribution in [-0.2, 0) is 20.4 Å². The summed E-state index contributed by atoms with van der Waals surface area (Å²) >= 11 is 0. The van der Waals surface area contributed by atoms with E-state index >= 15 is 0 Å². The second-order valence-electron chi connectivity index (χ2n) is 6.48. The molecule has 2 rings (SSSR count). The number of nitrogens with zero attached hydrogens (tertiary/aromatic N) is 1. The van der Waals surface area contributed by atoms with Crippen LogP contribution >= 0.6 is 0 Å². The van der Waals surface area contributed by atoms with Gasteiger partial charge in [0.1, 0.15) is 18.3 Å². The molecule has 2 N–H and O–H groups in total. The maximum absolute atomic E-state index is 12.7. The van der Waals surface area contributed by atoms with E-state index < -0.39 is 57.9 Å². The number of hydrogen-bond acceptors (Lipinski definition) is 6. The molecule has 170 valence electrons. The zero-order valence-corrected chi connectivity index (χ0v) is 17.2. The summed E-state index contributed by atoms with van der Waals surface area (Å²) < 4.78 is 67.0. The zero-order chi connectivity index (χ0) is 23.8. The number of amides is 2. The number of benzene rings is 2. The highest BCUT2D eigenvalue weighted by Crippen LogP contribution is 2.27. The van der Waals surface area contributed by atoms with Crippen LogP contribution in [0.1, 0.15) is 15.9 Å². The van der Waals surface area contributed by atoms with Gasteiger partial charge in [-0.05, 0) is 18.2 Å². The molecule has 0 heterocycles. The molecule has 12 heteroatoms. The Hall–Kier alpha value is -3.59. The normalized spacial score (nSPS) is 12.3. The van der Waals surface area contributed by atoms with Crippen LogP contribution in [0, 0.1) is 11.3 Å². The molecule has 2 aromatic carbocycles. The minimum absolute atomic E-state index is 0.159. The zero-order valence-electron chi connectivity index (χ0n) is 16.4. The van der Waals surface area contributed by atoms with E-state index in [1.54, 1.807) is 24.3 Å². The molecule has 0 unspecified atom stereocenters. The lowest BCUT2D eigenvalue weighted by Gasteiger charge is -2.19. The number of carbonyl (C=O) groups excluding carboxylic acids is 2. The molecule has 0 spiro atoms. The molecule has 0 aliphatic rings. The minimum atomic E-state index is -5.02. The fraction of sp³-hybridized carbons (Fsp3) is 0.250. The summed E-state index contributed by atoms with van der Waals surface area (Å²) in [7, 11) is -4.22. The van der Waals surface area contributed by atoms with Crippen molar-refractivity contribution >= 4 is 21.7 Å². The van der Waals surface area contributed by atoms with Crippen molar-refractivity contribution in [2.45, 2.75) is 18.2 Å². The van der Waals surface area contributed by atoms with Crippen LogP contribution in [0.3, 0.4) is 0 Å². The van der Waals surface area contributed by atoms with E-state index in [1.165, 1.54) is 24.3 Å². The van der Waals surface area contributed by atoms with Gasteiger partial charge < -0.3 is 15.4 Å². The van der Waals surface area contributed by atoms with Crippen LogP contribution < -0.4 is 15.4 Å². The quantitative estimate of drug-likeness (QED) is 0.541. The van der Waals surface area contributed by atoms with Crippen LogP contribution in [0.2, 0.25) is 0 Å². The van der Waals surface area contributed by atoms with Crippen molar-refractivity contribution in [2.75, 3.05) is 12.3 Å². The predicted molar refractivity (Wildman–Crippen MR) is 107 cm³/mol. The van der Waals surface area contributed by atoms with E-state index in [1.807, 2.05) is 0 Å². The van der Waals surface area contributed by atoms with Gasteiger partial charge in [-0.1, -0.05) is 36.4 Å². The van der Waals surface area contributed by atoms with E-state index in [2.05, 4.69) is 15.4 Å². The highest BCUT2D eigenvalue weighted by molar-refractivity contribution is 7.90. The molecule has 0 radical (unpaired) electrons. The molecule has 0 saturated carbocycles. The lowest BCUT2D eigenvalue weighted by molar-refractivity contribution is -0.274. The average molecular weight is 469 g/mol. The van der Waals surface area contributed by atoms with Crippen molar-refractivity contribution < 1.29 is 35.9 Å². The van der Waals surface area contributed by atoms with Gasteiger partial charge in [-0.2, -0.15) is 5.26 Å². The molecular formula is C20H18F3N3O5S. The van der Waals surface area contributed by atoms with Crippen LogP contribution in [0.4, 0.5) is 13.2 Å². The topological polar surface area (TPSA) is 125 Å². The molecular weight excluding hydrogens is 451 g/mol. The van der Waals surface area contributed by atoms with Crippen molar-refractivity contribution in [1.82, 2.24) is 10.6 Å². The number of para-hydroxylation sites is 1. The van der Waals surface area contributed by atoms with Crippen LogP contribution in [0.5, 0.6) is 5.75 Å². The average Bonchev–Trinajstić information content (AvgIpc) is 2.72. The maximum Gasteiger partial charge on any atom is 0.573 e. The molecule has 0 fully saturated rings. The van der Waals surface area contributed by atoms with Gasteiger partial charge in [0, 0.05) is 11.1 Å². The number of hydrogen-bond donors (Lipinski definition) is 2.